The zero-order valence-corrected chi connectivity index (χ0v) is 39.8. The average Bonchev–Trinajstić information content (AvgIpc) is 3.75. The van der Waals surface area contributed by atoms with Gasteiger partial charge in [-0.2, -0.15) is 6.67 Å². The van der Waals surface area contributed by atoms with Crippen molar-refractivity contribution >= 4 is 59.0 Å². The van der Waals surface area contributed by atoms with Gasteiger partial charge in [-0.3, -0.25) is 0 Å². The average molecular weight is 922 g/mol. The molecule has 0 N–H and O–H groups in total. The van der Waals surface area contributed by atoms with Crippen LogP contribution in [0.5, 0.6) is 0 Å². The molecule has 0 aliphatic carbocycles. The Hall–Kier alpha value is -5.16. The van der Waals surface area contributed by atoms with Gasteiger partial charge in [0.1, 0.15) is 31.8 Å². The van der Waals surface area contributed by atoms with Gasteiger partial charge in [0.25, 0.3) is 0 Å². The fourth-order valence-electron chi connectivity index (χ4n) is 8.23. The molecule has 1 radical (unpaired) electrons. The third kappa shape index (κ3) is 12.0. The standard InChI is InChI=1S/C20H25N2.2C18H15P.Ru.H/c1-14-6-7-19(16(3)10-14)21-8-9-22(13-21)20-17(4)11-15(2)12-18(20)5;2*1-4-10-16(11-5-1)19(17-12-6-2-7-13-17)18-14-8-3-9-15-18;;/h6-7,10-13H,8-9H2,1-5H3;2*1-15H;;/q-1;;;+1;/p+2. The fraction of sp³-hybridized carbons (Fsp3) is 0.125. The topological polar surface area (TPSA) is 6.48 Å². The largest absolute Gasteiger partial charge is 0.102 e. The number of benzene rings is 8. The van der Waals surface area contributed by atoms with Crippen molar-refractivity contribution in [3.05, 3.63) is 247 Å². The zero-order chi connectivity index (χ0) is 41.7. The maximum absolute atomic E-state index is 2.39. The molecule has 0 aromatic heterocycles. The molecule has 0 bridgehead atoms. The molecule has 8 aromatic rings. The first-order valence-electron chi connectivity index (χ1n) is 21.0. The maximum atomic E-state index is 2.39. The Bertz CT molecular complexity index is 2190. The molecule has 2 nitrogen and oxygen atoms in total. The van der Waals surface area contributed by atoms with Crippen molar-refractivity contribution in [3.8, 4) is 0 Å². The molecule has 61 heavy (non-hydrogen) atoms. The van der Waals surface area contributed by atoms with Gasteiger partial charge in [-0.05, 0) is 130 Å². The maximum Gasteiger partial charge on any atom is 0.102 e. The van der Waals surface area contributed by atoms with Gasteiger partial charge in [0.05, 0.1) is 15.8 Å². The van der Waals surface area contributed by atoms with Gasteiger partial charge >= 0.3 is 19.5 Å². The van der Waals surface area contributed by atoms with Crippen LogP contribution in [0.25, 0.3) is 0 Å². The van der Waals surface area contributed by atoms with Gasteiger partial charge in [-0.1, -0.05) is 145 Å². The zero-order valence-electron chi connectivity index (χ0n) is 36.0. The molecule has 8 aromatic carbocycles. The summed E-state index contributed by atoms with van der Waals surface area (Å²) in [6, 6.07) is 76.2. The van der Waals surface area contributed by atoms with Crippen molar-refractivity contribution in [3.63, 3.8) is 0 Å². The van der Waals surface area contributed by atoms with Crippen LogP contribution in [-0.4, -0.2) is 13.1 Å². The molecule has 9 rings (SSSR count). The summed E-state index contributed by atoms with van der Waals surface area (Å²) in [5.41, 5.74) is 9.39. The predicted molar refractivity (Wildman–Crippen MR) is 270 cm³/mol. The molecule has 0 atom stereocenters. The second-order valence-corrected chi connectivity index (χ2v) is 20.4. The molecule has 1 aliphatic rings. The summed E-state index contributed by atoms with van der Waals surface area (Å²) >= 11 is 0. The van der Waals surface area contributed by atoms with E-state index in [1.54, 1.807) is 0 Å². The van der Waals surface area contributed by atoms with Gasteiger partial charge in [0.2, 0.25) is 0 Å². The van der Waals surface area contributed by atoms with Gasteiger partial charge < -0.3 is 9.80 Å². The van der Waals surface area contributed by atoms with Crippen LogP contribution in [0.4, 0.5) is 11.4 Å². The minimum absolute atomic E-state index is 0. The Morgan fingerprint density at radius 2 is 0.639 bits per heavy atom. The van der Waals surface area contributed by atoms with E-state index < -0.39 is 15.8 Å². The summed E-state index contributed by atoms with van der Waals surface area (Å²) in [6.07, 6.45) is 0. The second kappa shape index (κ2) is 22.6. The summed E-state index contributed by atoms with van der Waals surface area (Å²) < 4.78 is 0. The first-order valence-corrected chi connectivity index (χ1v) is 24.0. The Kier molecular flexibility index (Phi) is 16.8. The van der Waals surface area contributed by atoms with Crippen LogP contribution in [0, 0.1) is 41.3 Å². The van der Waals surface area contributed by atoms with E-state index in [2.05, 4.69) is 263 Å². The number of aryl methyl sites for hydroxylation is 5. The van der Waals surface area contributed by atoms with Crippen molar-refractivity contribution in [1.82, 2.24) is 0 Å². The summed E-state index contributed by atoms with van der Waals surface area (Å²) in [5, 5.41) is 8.61. The SMILES string of the molecule is Cc1ccc(N2[CH-]N(c3c(C)cc(C)cc3C)CC2)c(C)c1.[RuH+].c1ccc([PH+](c2ccccc2)c2ccccc2)cc1.c1ccc([PH+](c2ccccc2)c2ccccc2)cc1. The monoisotopic (exact) mass is 922 g/mol. The van der Waals surface area contributed by atoms with E-state index in [1.165, 1.54) is 71.0 Å². The van der Waals surface area contributed by atoms with Crippen molar-refractivity contribution in [2.24, 2.45) is 0 Å². The van der Waals surface area contributed by atoms with E-state index in [-0.39, 0.29) is 19.5 Å². The first-order chi connectivity index (χ1) is 29.4. The van der Waals surface area contributed by atoms with Gasteiger partial charge in [-0.15, -0.1) is 0 Å². The number of rotatable bonds is 8. The molecule has 1 aliphatic heterocycles. The van der Waals surface area contributed by atoms with Crippen LogP contribution >= 0.6 is 15.8 Å². The number of hydrogen-bond acceptors (Lipinski definition) is 2. The minimum atomic E-state index is -0.877. The Morgan fingerprint density at radius 3 is 0.951 bits per heavy atom. The Labute approximate surface area is 380 Å². The first kappa shape index (κ1) is 45.4. The van der Waals surface area contributed by atoms with Gasteiger partial charge in [0.15, 0.2) is 0 Å². The van der Waals surface area contributed by atoms with E-state index in [1.807, 2.05) is 0 Å². The molecule has 0 amide bonds. The van der Waals surface area contributed by atoms with Crippen molar-refractivity contribution < 1.29 is 19.5 Å². The third-order valence-electron chi connectivity index (χ3n) is 10.8. The molecule has 1 heterocycles. The quantitative estimate of drug-likeness (QED) is 0.0851. The van der Waals surface area contributed by atoms with Crippen LogP contribution < -0.4 is 41.6 Å². The molecule has 5 heteroatoms. The van der Waals surface area contributed by atoms with Crippen LogP contribution in [0.15, 0.2) is 212 Å². The number of nitrogens with zero attached hydrogens (tertiary/aromatic N) is 2. The summed E-state index contributed by atoms with van der Waals surface area (Å²) in [6.45, 7) is 15.3. The van der Waals surface area contributed by atoms with Gasteiger partial charge in [0, 0.05) is 24.5 Å². The Morgan fingerprint density at radius 1 is 0.344 bits per heavy atom. The third-order valence-corrected chi connectivity index (χ3v) is 16.3. The van der Waals surface area contributed by atoms with E-state index >= 15 is 0 Å². The number of hydrogen-bond donors (Lipinski definition) is 0. The fourth-order valence-corrected chi connectivity index (χ4v) is 13.4. The van der Waals surface area contributed by atoms with Crippen molar-refractivity contribution in [2.75, 3.05) is 22.9 Å². The van der Waals surface area contributed by atoms with Crippen LogP contribution in [-0.2, 0) is 19.5 Å². The van der Waals surface area contributed by atoms with E-state index in [0.29, 0.717) is 0 Å². The minimum Gasteiger partial charge on any atom is -0.0620 e. The summed E-state index contributed by atoms with van der Waals surface area (Å²) in [5.74, 6) is 0. The predicted octanol–water partition coefficient (Wildman–Crippen LogP) is 10.8. The second-order valence-electron chi connectivity index (χ2n) is 15.5. The molecule has 0 spiro atoms. The van der Waals surface area contributed by atoms with Crippen molar-refractivity contribution in [2.45, 2.75) is 34.6 Å². The van der Waals surface area contributed by atoms with E-state index in [4.69, 9.17) is 0 Å². The molecule has 0 unspecified atom stereocenters. The number of anilines is 2. The Balaban J connectivity index is 0.000000152. The molecular weight excluding hydrogens is 864 g/mol. The van der Waals surface area contributed by atoms with Crippen LogP contribution in [0.1, 0.15) is 27.8 Å². The van der Waals surface area contributed by atoms with E-state index in [9.17, 15) is 0 Å². The smallest absolute Gasteiger partial charge is 0.0620 e. The summed E-state index contributed by atoms with van der Waals surface area (Å²) in [4.78, 5) is 4.76. The summed E-state index contributed by atoms with van der Waals surface area (Å²) in [7, 11) is -1.75. The molecule has 308 valence electrons. The van der Waals surface area contributed by atoms with Crippen LogP contribution in [0.3, 0.4) is 0 Å². The van der Waals surface area contributed by atoms with Crippen molar-refractivity contribution in [1.29, 1.82) is 0 Å². The molecule has 1 fully saturated rings. The molecule has 0 saturated carbocycles. The normalized spacial score (nSPS) is 11.9. The molecule has 1 saturated heterocycles. The molecular formula is C56H58N2P2Ru+2. The van der Waals surface area contributed by atoms with E-state index in [0.717, 1.165) is 13.1 Å². The van der Waals surface area contributed by atoms with Crippen LogP contribution in [0.2, 0.25) is 0 Å². The van der Waals surface area contributed by atoms with Gasteiger partial charge in [-0.25, -0.2) is 0 Å².